The first kappa shape index (κ1) is 13.1. The van der Waals surface area contributed by atoms with Gasteiger partial charge >= 0.3 is 6.09 Å². The van der Waals surface area contributed by atoms with Gasteiger partial charge in [-0.1, -0.05) is 0 Å². The molecule has 2 fully saturated rings. The second-order valence-electron chi connectivity index (χ2n) is 5.82. The predicted octanol–water partition coefficient (Wildman–Crippen LogP) is 1.32. The molecule has 1 saturated carbocycles. The lowest BCUT2D eigenvalue weighted by atomic mass is 10.1. The van der Waals surface area contributed by atoms with Crippen molar-refractivity contribution < 1.29 is 14.7 Å². The summed E-state index contributed by atoms with van der Waals surface area (Å²) in [4.78, 5) is 35.9. The van der Waals surface area contributed by atoms with Gasteiger partial charge in [-0.15, -0.1) is 0 Å². The Labute approximate surface area is 125 Å². The topological polar surface area (TPSA) is 111 Å². The Morgan fingerprint density at radius 2 is 2.09 bits per heavy atom. The van der Waals surface area contributed by atoms with Gasteiger partial charge in [0, 0.05) is 30.8 Å². The molecule has 0 atom stereocenters. The first-order valence-electron chi connectivity index (χ1n) is 7.24. The van der Waals surface area contributed by atoms with Gasteiger partial charge in [-0.25, -0.2) is 14.8 Å². The number of anilines is 1. The zero-order valence-corrected chi connectivity index (χ0v) is 11.7. The van der Waals surface area contributed by atoms with Gasteiger partial charge in [-0.05, 0) is 12.8 Å². The Bertz CT molecular complexity index is 761. The van der Waals surface area contributed by atoms with E-state index in [-0.39, 0.29) is 17.7 Å². The van der Waals surface area contributed by atoms with Crippen LogP contribution in [-0.2, 0) is 0 Å². The molecule has 0 aromatic carbocycles. The van der Waals surface area contributed by atoms with E-state index in [1.165, 1.54) is 11.2 Å². The van der Waals surface area contributed by atoms with E-state index in [0.29, 0.717) is 35.5 Å². The first-order chi connectivity index (χ1) is 10.6. The van der Waals surface area contributed by atoms with Crippen LogP contribution in [0.15, 0.2) is 12.5 Å². The van der Waals surface area contributed by atoms with Crippen LogP contribution in [0, 0.1) is 5.92 Å². The summed E-state index contributed by atoms with van der Waals surface area (Å²) in [6.07, 6.45) is 4.09. The number of aromatic nitrogens is 3. The summed E-state index contributed by atoms with van der Waals surface area (Å²) in [7, 11) is 0. The number of nitrogens with one attached hydrogen (secondary N) is 2. The normalized spacial score (nSPS) is 18.3. The maximum atomic E-state index is 12.4. The lowest BCUT2D eigenvalue weighted by Gasteiger charge is -2.37. The van der Waals surface area contributed by atoms with Crippen LogP contribution in [0.1, 0.15) is 23.2 Å². The van der Waals surface area contributed by atoms with Crippen LogP contribution in [0.25, 0.3) is 11.0 Å². The molecule has 0 bridgehead atoms. The van der Waals surface area contributed by atoms with Crippen molar-refractivity contribution in [2.45, 2.75) is 18.9 Å². The molecule has 1 aliphatic heterocycles. The Kier molecular flexibility index (Phi) is 2.78. The summed E-state index contributed by atoms with van der Waals surface area (Å²) < 4.78 is 0. The average molecular weight is 301 g/mol. The lowest BCUT2D eigenvalue weighted by Crippen LogP contribution is -2.56. The third-order valence-electron chi connectivity index (χ3n) is 4.18. The lowest BCUT2D eigenvalue weighted by molar-refractivity contribution is 0.0969. The number of carbonyl (C=O) groups excluding carboxylic acids is 1. The van der Waals surface area contributed by atoms with Gasteiger partial charge in [0.05, 0.1) is 11.4 Å². The quantitative estimate of drug-likeness (QED) is 0.734. The monoisotopic (exact) mass is 301 g/mol. The Hall–Kier alpha value is -2.64. The molecular weight excluding hydrogens is 286 g/mol. The molecule has 3 N–H and O–H groups in total. The van der Waals surface area contributed by atoms with Gasteiger partial charge in [-0.2, -0.15) is 0 Å². The van der Waals surface area contributed by atoms with Crippen molar-refractivity contribution in [1.29, 1.82) is 0 Å². The molecule has 2 aromatic rings. The maximum absolute atomic E-state index is 12.4. The van der Waals surface area contributed by atoms with Gasteiger partial charge in [0.25, 0.3) is 0 Å². The molecule has 0 unspecified atom stereocenters. The molecule has 2 aliphatic rings. The highest BCUT2D eigenvalue weighted by molar-refractivity contribution is 6.12. The average Bonchev–Trinajstić information content (AvgIpc) is 3.20. The fraction of sp³-hybridized carbons (Fsp3) is 0.429. The Morgan fingerprint density at radius 1 is 1.32 bits per heavy atom. The molecule has 1 amide bonds. The number of fused-ring (bicyclic) bond motifs is 1. The van der Waals surface area contributed by atoms with E-state index in [1.807, 2.05) is 0 Å². The zero-order chi connectivity index (χ0) is 15.3. The summed E-state index contributed by atoms with van der Waals surface area (Å²) >= 11 is 0. The molecule has 8 nitrogen and oxygen atoms in total. The molecular formula is C14H15N5O3. The molecule has 0 radical (unpaired) electrons. The number of aromatic amines is 1. The van der Waals surface area contributed by atoms with Gasteiger partial charge < -0.3 is 20.3 Å². The largest absolute Gasteiger partial charge is 0.465 e. The molecule has 3 heterocycles. The van der Waals surface area contributed by atoms with E-state index in [4.69, 9.17) is 5.11 Å². The Morgan fingerprint density at radius 3 is 2.77 bits per heavy atom. The van der Waals surface area contributed by atoms with E-state index in [2.05, 4.69) is 20.3 Å². The number of carboxylic acid groups (broad SMARTS) is 1. The van der Waals surface area contributed by atoms with Gasteiger partial charge in [0.1, 0.15) is 17.8 Å². The van der Waals surface area contributed by atoms with Crippen molar-refractivity contribution in [2.75, 3.05) is 18.4 Å². The highest BCUT2D eigenvalue weighted by atomic mass is 16.4. The molecule has 22 heavy (non-hydrogen) atoms. The third kappa shape index (κ3) is 2.07. The van der Waals surface area contributed by atoms with Crippen molar-refractivity contribution in [1.82, 2.24) is 19.9 Å². The minimum absolute atomic E-state index is 0.00739. The fourth-order valence-corrected chi connectivity index (χ4v) is 2.75. The molecule has 1 saturated heterocycles. The van der Waals surface area contributed by atoms with E-state index in [0.717, 1.165) is 12.8 Å². The summed E-state index contributed by atoms with van der Waals surface area (Å²) in [5.74, 6) is 0.841. The highest BCUT2D eigenvalue weighted by Gasteiger charge is 2.34. The van der Waals surface area contributed by atoms with Crippen LogP contribution in [0.3, 0.4) is 0 Å². The number of hydrogen-bond donors (Lipinski definition) is 3. The van der Waals surface area contributed by atoms with E-state index in [9.17, 15) is 9.59 Å². The molecule has 0 spiro atoms. The number of ketones is 1. The van der Waals surface area contributed by atoms with Gasteiger partial charge in [0.15, 0.2) is 5.78 Å². The molecule has 2 aromatic heterocycles. The van der Waals surface area contributed by atoms with Crippen molar-refractivity contribution in [3.8, 4) is 0 Å². The maximum Gasteiger partial charge on any atom is 0.407 e. The smallest absolute Gasteiger partial charge is 0.407 e. The standard InChI is InChI=1S/C14H15N5O3/c20-11(7-1-2-7)9-3-15-12-10(9)13(17-6-16-12)18-8-4-19(5-8)14(21)22/h3,6-8H,1-2,4-5H2,(H,21,22)(H2,15,16,17,18). The van der Waals surface area contributed by atoms with Crippen molar-refractivity contribution in [2.24, 2.45) is 5.92 Å². The number of carbonyl (C=O) groups is 2. The summed E-state index contributed by atoms with van der Waals surface area (Å²) in [5.41, 5.74) is 1.24. The molecule has 114 valence electrons. The second kappa shape index (κ2) is 4.69. The summed E-state index contributed by atoms with van der Waals surface area (Å²) in [5, 5.41) is 12.8. The number of nitrogens with zero attached hydrogens (tertiary/aromatic N) is 3. The van der Waals surface area contributed by atoms with Crippen molar-refractivity contribution in [3.05, 3.63) is 18.1 Å². The third-order valence-corrected chi connectivity index (χ3v) is 4.18. The Balaban J connectivity index is 1.61. The summed E-state index contributed by atoms with van der Waals surface area (Å²) in [6, 6.07) is 0.00739. The first-order valence-corrected chi connectivity index (χ1v) is 7.24. The minimum atomic E-state index is -0.919. The number of H-pyrrole nitrogens is 1. The van der Waals surface area contributed by atoms with Crippen LogP contribution in [0.2, 0.25) is 0 Å². The fourth-order valence-electron chi connectivity index (χ4n) is 2.75. The number of amides is 1. The van der Waals surface area contributed by atoms with Crippen LogP contribution in [0.5, 0.6) is 0 Å². The highest BCUT2D eigenvalue weighted by Crippen LogP contribution is 2.36. The van der Waals surface area contributed by atoms with Crippen LogP contribution in [0.4, 0.5) is 10.6 Å². The molecule has 4 rings (SSSR count). The van der Waals surface area contributed by atoms with Crippen LogP contribution >= 0.6 is 0 Å². The van der Waals surface area contributed by atoms with Gasteiger partial charge in [0.2, 0.25) is 0 Å². The molecule has 1 aliphatic carbocycles. The number of Topliss-reactive ketones (excluding diaryl/α,β-unsaturated/α-hetero) is 1. The van der Waals surface area contributed by atoms with Crippen LogP contribution in [-0.4, -0.2) is 56.0 Å². The van der Waals surface area contributed by atoms with Crippen LogP contribution < -0.4 is 5.32 Å². The zero-order valence-electron chi connectivity index (χ0n) is 11.7. The van der Waals surface area contributed by atoms with E-state index >= 15 is 0 Å². The second-order valence-corrected chi connectivity index (χ2v) is 5.82. The number of hydrogen-bond acceptors (Lipinski definition) is 5. The van der Waals surface area contributed by atoms with Crippen molar-refractivity contribution in [3.63, 3.8) is 0 Å². The van der Waals surface area contributed by atoms with Crippen molar-refractivity contribution >= 4 is 28.7 Å². The van der Waals surface area contributed by atoms with E-state index < -0.39 is 6.09 Å². The predicted molar refractivity (Wildman–Crippen MR) is 78.0 cm³/mol. The SMILES string of the molecule is O=C(c1c[nH]c2ncnc(NC3CN(C(=O)O)C3)c12)C1CC1. The van der Waals surface area contributed by atoms with E-state index in [1.54, 1.807) is 6.20 Å². The molecule has 8 heteroatoms. The minimum Gasteiger partial charge on any atom is -0.465 e. The van der Waals surface area contributed by atoms with Gasteiger partial charge in [-0.3, -0.25) is 4.79 Å². The number of likely N-dealkylation sites (tertiary alicyclic amines) is 1. The summed E-state index contributed by atoms with van der Waals surface area (Å²) in [6.45, 7) is 0.828. The number of rotatable bonds is 4.